The maximum absolute atomic E-state index is 10.4. The third-order valence-corrected chi connectivity index (χ3v) is 4.03. The number of piperidine rings is 1. The van der Waals surface area contributed by atoms with E-state index in [0.717, 1.165) is 38.5 Å². The molecule has 1 aliphatic rings. The molecule has 0 aromatic carbocycles. The fraction of sp³-hybridized carbons (Fsp3) is 1.00. The van der Waals surface area contributed by atoms with Crippen molar-refractivity contribution in [3.8, 4) is 0 Å². The zero-order valence-corrected chi connectivity index (χ0v) is 10.8. The standard InChI is InChI=1S/C13H27NO/c1-5-8-12(3)10-7-11-13(4,9-6-2)14(12)15/h15H,5-11H2,1-4H3. The van der Waals surface area contributed by atoms with Crippen molar-refractivity contribution in [1.29, 1.82) is 0 Å². The topological polar surface area (TPSA) is 23.5 Å². The summed E-state index contributed by atoms with van der Waals surface area (Å²) in [7, 11) is 0. The second kappa shape index (κ2) is 4.84. The summed E-state index contributed by atoms with van der Waals surface area (Å²) in [6.45, 7) is 8.82. The second-order valence-electron chi connectivity index (χ2n) is 5.66. The van der Waals surface area contributed by atoms with Gasteiger partial charge in [0.15, 0.2) is 0 Å². The minimum Gasteiger partial charge on any atom is -0.313 e. The second-order valence-corrected chi connectivity index (χ2v) is 5.66. The van der Waals surface area contributed by atoms with Crippen LogP contribution in [0, 0.1) is 0 Å². The monoisotopic (exact) mass is 213 g/mol. The van der Waals surface area contributed by atoms with E-state index in [0.29, 0.717) is 0 Å². The molecule has 0 aromatic heterocycles. The molecule has 0 bridgehead atoms. The lowest BCUT2D eigenvalue weighted by atomic mass is 9.76. The minimum atomic E-state index is 0.0108. The van der Waals surface area contributed by atoms with Crippen molar-refractivity contribution >= 4 is 0 Å². The Kier molecular flexibility index (Phi) is 4.19. The van der Waals surface area contributed by atoms with Crippen LogP contribution < -0.4 is 0 Å². The van der Waals surface area contributed by atoms with Gasteiger partial charge in [-0.15, -0.1) is 0 Å². The van der Waals surface area contributed by atoms with Gasteiger partial charge < -0.3 is 5.21 Å². The van der Waals surface area contributed by atoms with Gasteiger partial charge in [-0.25, -0.2) is 0 Å². The lowest BCUT2D eigenvalue weighted by molar-refractivity contribution is -0.256. The molecule has 0 radical (unpaired) electrons. The van der Waals surface area contributed by atoms with E-state index in [1.54, 1.807) is 5.06 Å². The van der Waals surface area contributed by atoms with E-state index < -0.39 is 0 Å². The van der Waals surface area contributed by atoms with Gasteiger partial charge in [0.05, 0.1) is 0 Å². The molecule has 1 fully saturated rings. The largest absolute Gasteiger partial charge is 0.313 e. The van der Waals surface area contributed by atoms with E-state index in [-0.39, 0.29) is 11.1 Å². The highest BCUT2D eigenvalue weighted by molar-refractivity contribution is 4.96. The first-order chi connectivity index (χ1) is 6.98. The molecule has 2 heteroatoms. The molecule has 2 nitrogen and oxygen atoms in total. The van der Waals surface area contributed by atoms with Gasteiger partial charge in [-0.05, 0) is 46.0 Å². The van der Waals surface area contributed by atoms with E-state index in [2.05, 4.69) is 27.7 Å². The van der Waals surface area contributed by atoms with E-state index in [9.17, 15) is 5.21 Å². The lowest BCUT2D eigenvalue weighted by Crippen LogP contribution is -2.59. The van der Waals surface area contributed by atoms with Crippen molar-refractivity contribution in [2.45, 2.75) is 83.7 Å². The molecule has 2 unspecified atom stereocenters. The number of hydrogen-bond acceptors (Lipinski definition) is 2. The summed E-state index contributed by atoms with van der Waals surface area (Å²) in [5.74, 6) is 0. The van der Waals surface area contributed by atoms with Gasteiger partial charge in [-0.1, -0.05) is 26.7 Å². The summed E-state index contributed by atoms with van der Waals surface area (Å²) in [6, 6.07) is 0. The Morgan fingerprint density at radius 2 is 1.40 bits per heavy atom. The third-order valence-electron chi connectivity index (χ3n) is 4.03. The molecule has 0 spiro atoms. The Hall–Kier alpha value is -0.0800. The molecule has 1 saturated heterocycles. The normalized spacial score (nSPS) is 38.2. The average Bonchev–Trinajstić information content (AvgIpc) is 2.15. The first-order valence-electron chi connectivity index (χ1n) is 6.48. The molecule has 0 aromatic rings. The summed E-state index contributed by atoms with van der Waals surface area (Å²) in [5, 5.41) is 12.1. The molecule has 0 amide bonds. The molecule has 1 rings (SSSR count). The van der Waals surface area contributed by atoms with Gasteiger partial charge in [0, 0.05) is 11.1 Å². The van der Waals surface area contributed by atoms with Crippen molar-refractivity contribution in [2.75, 3.05) is 0 Å². The Morgan fingerprint density at radius 3 is 1.73 bits per heavy atom. The molecule has 0 saturated carbocycles. The Balaban J connectivity index is 2.77. The molecule has 90 valence electrons. The van der Waals surface area contributed by atoms with E-state index >= 15 is 0 Å². The lowest BCUT2D eigenvalue weighted by Gasteiger charge is -2.52. The van der Waals surface area contributed by atoms with Crippen molar-refractivity contribution in [2.24, 2.45) is 0 Å². The number of hydrogen-bond donors (Lipinski definition) is 1. The summed E-state index contributed by atoms with van der Waals surface area (Å²) in [4.78, 5) is 0. The highest BCUT2D eigenvalue weighted by Gasteiger charge is 2.44. The van der Waals surface area contributed by atoms with Crippen LogP contribution in [0.15, 0.2) is 0 Å². The Morgan fingerprint density at radius 1 is 1.00 bits per heavy atom. The van der Waals surface area contributed by atoms with Crippen molar-refractivity contribution in [1.82, 2.24) is 5.06 Å². The molecule has 1 heterocycles. The Labute approximate surface area is 94.6 Å². The molecule has 1 N–H and O–H groups in total. The van der Waals surface area contributed by atoms with Crippen LogP contribution in [0.4, 0.5) is 0 Å². The first kappa shape index (κ1) is 13.0. The van der Waals surface area contributed by atoms with Crippen LogP contribution in [0.3, 0.4) is 0 Å². The molecule has 15 heavy (non-hydrogen) atoms. The van der Waals surface area contributed by atoms with Gasteiger partial charge in [0.1, 0.15) is 0 Å². The number of hydroxylamine groups is 2. The van der Waals surface area contributed by atoms with Crippen molar-refractivity contribution in [3.05, 3.63) is 0 Å². The zero-order chi connectivity index (χ0) is 11.5. The SMILES string of the molecule is CCCC1(C)CCCC(C)(CCC)N1O. The molecule has 2 atom stereocenters. The summed E-state index contributed by atoms with van der Waals surface area (Å²) in [5.41, 5.74) is 0.0217. The predicted molar refractivity (Wildman–Crippen MR) is 64.1 cm³/mol. The zero-order valence-electron chi connectivity index (χ0n) is 10.8. The van der Waals surface area contributed by atoms with Gasteiger partial charge in [0.25, 0.3) is 0 Å². The Bertz CT molecular complexity index is 179. The highest BCUT2D eigenvalue weighted by atomic mass is 16.5. The smallest absolute Gasteiger partial charge is 0.0438 e. The number of nitrogens with zero attached hydrogens (tertiary/aromatic N) is 1. The van der Waals surface area contributed by atoms with Crippen LogP contribution in [0.2, 0.25) is 0 Å². The van der Waals surface area contributed by atoms with Crippen LogP contribution in [-0.4, -0.2) is 21.3 Å². The van der Waals surface area contributed by atoms with Gasteiger partial charge in [-0.2, -0.15) is 5.06 Å². The van der Waals surface area contributed by atoms with Gasteiger partial charge in [0.2, 0.25) is 0 Å². The van der Waals surface area contributed by atoms with E-state index in [1.165, 1.54) is 6.42 Å². The molecular formula is C13H27NO. The number of rotatable bonds is 4. The molecule has 1 aliphatic heterocycles. The quantitative estimate of drug-likeness (QED) is 0.763. The average molecular weight is 213 g/mol. The fourth-order valence-corrected chi connectivity index (χ4v) is 3.25. The van der Waals surface area contributed by atoms with Crippen LogP contribution in [-0.2, 0) is 0 Å². The van der Waals surface area contributed by atoms with Crippen LogP contribution in [0.25, 0.3) is 0 Å². The van der Waals surface area contributed by atoms with Crippen molar-refractivity contribution in [3.63, 3.8) is 0 Å². The maximum atomic E-state index is 10.4. The summed E-state index contributed by atoms with van der Waals surface area (Å²) >= 11 is 0. The summed E-state index contributed by atoms with van der Waals surface area (Å²) < 4.78 is 0. The highest BCUT2D eigenvalue weighted by Crippen LogP contribution is 2.41. The molecular weight excluding hydrogens is 186 g/mol. The van der Waals surface area contributed by atoms with Crippen LogP contribution in [0.1, 0.15) is 72.6 Å². The van der Waals surface area contributed by atoms with E-state index in [4.69, 9.17) is 0 Å². The van der Waals surface area contributed by atoms with Gasteiger partial charge >= 0.3 is 0 Å². The van der Waals surface area contributed by atoms with Crippen LogP contribution in [0.5, 0.6) is 0 Å². The third kappa shape index (κ3) is 2.54. The fourth-order valence-electron chi connectivity index (χ4n) is 3.25. The first-order valence-corrected chi connectivity index (χ1v) is 6.48. The van der Waals surface area contributed by atoms with Gasteiger partial charge in [-0.3, -0.25) is 0 Å². The van der Waals surface area contributed by atoms with E-state index in [1.807, 2.05) is 0 Å². The van der Waals surface area contributed by atoms with Crippen LogP contribution >= 0.6 is 0 Å². The minimum absolute atomic E-state index is 0.0108. The summed E-state index contributed by atoms with van der Waals surface area (Å²) in [6.07, 6.45) is 8.02. The predicted octanol–water partition coefficient (Wildman–Crippen LogP) is 3.98. The maximum Gasteiger partial charge on any atom is 0.0438 e. The molecule has 0 aliphatic carbocycles. The van der Waals surface area contributed by atoms with Crippen molar-refractivity contribution < 1.29 is 5.21 Å².